The van der Waals surface area contributed by atoms with E-state index in [2.05, 4.69) is 5.10 Å². The van der Waals surface area contributed by atoms with E-state index in [1.807, 2.05) is 0 Å². The second-order valence-electron chi connectivity index (χ2n) is 8.08. The number of rotatable bonds is 9. The van der Waals surface area contributed by atoms with Gasteiger partial charge in [-0.05, 0) is 11.6 Å². The average molecular weight is 536 g/mol. The molecule has 1 aliphatic heterocycles. The van der Waals surface area contributed by atoms with Crippen LogP contribution in [-0.2, 0) is 39.9 Å². The highest BCUT2D eigenvalue weighted by molar-refractivity contribution is 5.68. The van der Waals surface area contributed by atoms with Gasteiger partial charge >= 0.3 is 29.3 Å². The maximum Gasteiger partial charge on any atom is 0.350 e. The molecule has 3 rings (SSSR count). The summed E-state index contributed by atoms with van der Waals surface area (Å²) in [5.74, 6) is -2.26. The molecular weight excluding hydrogens is 512 g/mol. The van der Waals surface area contributed by atoms with E-state index in [1.165, 1.54) is 19.2 Å². The zero-order chi connectivity index (χ0) is 28.1. The third kappa shape index (κ3) is 6.20. The lowest BCUT2D eigenvalue weighted by atomic mass is 10.1. The van der Waals surface area contributed by atoms with Crippen molar-refractivity contribution in [1.82, 2.24) is 14.3 Å². The summed E-state index contributed by atoms with van der Waals surface area (Å²) in [6.07, 6.45) is -4.55. The molecule has 1 fully saturated rings. The first-order valence-electron chi connectivity index (χ1n) is 11.1. The molecule has 2 heterocycles. The van der Waals surface area contributed by atoms with Crippen LogP contribution in [0.5, 0.6) is 5.75 Å². The molecular formula is C22H24N4O12. The second kappa shape index (κ2) is 11.6. The molecule has 38 heavy (non-hydrogen) atoms. The molecule has 1 aliphatic rings. The lowest BCUT2D eigenvalue weighted by molar-refractivity contribution is -0.385. The summed E-state index contributed by atoms with van der Waals surface area (Å²) >= 11 is 0. The molecule has 1 saturated heterocycles. The van der Waals surface area contributed by atoms with Crippen LogP contribution in [-0.4, -0.2) is 69.2 Å². The fraction of sp³-hybridized carbons (Fsp3) is 0.455. The van der Waals surface area contributed by atoms with E-state index in [1.54, 1.807) is 0 Å². The van der Waals surface area contributed by atoms with Crippen LogP contribution < -0.4 is 16.0 Å². The Morgan fingerprint density at radius 1 is 1.08 bits per heavy atom. The highest BCUT2D eigenvalue weighted by Crippen LogP contribution is 2.33. The van der Waals surface area contributed by atoms with Crippen LogP contribution in [0.4, 0.5) is 5.69 Å². The van der Waals surface area contributed by atoms with Gasteiger partial charge in [0, 0.05) is 26.8 Å². The molecule has 0 aliphatic carbocycles. The molecule has 0 N–H and O–H groups in total. The van der Waals surface area contributed by atoms with Crippen molar-refractivity contribution < 1.29 is 43.0 Å². The number of benzene rings is 1. The molecule has 1 aromatic carbocycles. The molecule has 0 saturated carbocycles. The smallest absolute Gasteiger partial charge is 0.350 e. The van der Waals surface area contributed by atoms with Crippen LogP contribution in [0, 0.1) is 10.1 Å². The first kappa shape index (κ1) is 28.0. The zero-order valence-electron chi connectivity index (χ0n) is 20.7. The van der Waals surface area contributed by atoms with Gasteiger partial charge in [-0.1, -0.05) is 6.07 Å². The Hall–Kier alpha value is -4.60. The van der Waals surface area contributed by atoms with Crippen molar-refractivity contribution in [3.63, 3.8) is 0 Å². The average Bonchev–Trinajstić information content (AvgIpc) is 3.15. The summed E-state index contributed by atoms with van der Waals surface area (Å²) in [5, 5.41) is 15.2. The topological polar surface area (TPSA) is 197 Å². The molecule has 204 valence electrons. The lowest BCUT2D eigenvalue weighted by Gasteiger charge is -2.23. The Labute approximate surface area is 213 Å². The van der Waals surface area contributed by atoms with Gasteiger partial charge in [0.15, 0.2) is 24.2 Å². The molecule has 2 aromatic rings. The number of aromatic nitrogens is 3. The second-order valence-corrected chi connectivity index (χ2v) is 8.08. The van der Waals surface area contributed by atoms with E-state index in [0.717, 1.165) is 37.6 Å². The molecule has 1 aromatic heterocycles. The third-order valence-electron chi connectivity index (χ3n) is 5.35. The van der Waals surface area contributed by atoms with Gasteiger partial charge in [-0.2, -0.15) is 9.78 Å². The number of nitro benzene ring substituents is 1. The summed E-state index contributed by atoms with van der Waals surface area (Å²) in [7, 11) is 1.26. The van der Waals surface area contributed by atoms with Crippen molar-refractivity contribution in [2.45, 2.75) is 51.9 Å². The molecule has 4 atom stereocenters. The van der Waals surface area contributed by atoms with Gasteiger partial charge in [-0.15, -0.1) is 0 Å². The van der Waals surface area contributed by atoms with Gasteiger partial charge < -0.3 is 23.7 Å². The first-order chi connectivity index (χ1) is 17.9. The van der Waals surface area contributed by atoms with Gasteiger partial charge in [0.25, 0.3) is 5.56 Å². The Bertz CT molecular complexity index is 1370. The Kier molecular flexibility index (Phi) is 8.57. The number of ether oxygens (including phenoxy) is 5. The van der Waals surface area contributed by atoms with Crippen LogP contribution in [0.3, 0.4) is 0 Å². The van der Waals surface area contributed by atoms with Crippen LogP contribution in [0.2, 0.25) is 0 Å². The number of carbonyl (C=O) groups is 3. The van der Waals surface area contributed by atoms with Crippen molar-refractivity contribution >= 4 is 23.6 Å². The molecule has 0 spiro atoms. The predicted molar refractivity (Wildman–Crippen MR) is 123 cm³/mol. The van der Waals surface area contributed by atoms with E-state index < -0.39 is 65.2 Å². The normalized spacial score (nSPS) is 20.4. The van der Waals surface area contributed by atoms with Crippen molar-refractivity contribution in [2.24, 2.45) is 0 Å². The summed E-state index contributed by atoms with van der Waals surface area (Å²) in [6.45, 7) is 2.52. The summed E-state index contributed by atoms with van der Waals surface area (Å²) < 4.78 is 27.7. The highest BCUT2D eigenvalue weighted by atomic mass is 16.7. The van der Waals surface area contributed by atoms with Crippen LogP contribution in [0.25, 0.3) is 0 Å². The molecule has 0 bridgehead atoms. The van der Waals surface area contributed by atoms with Gasteiger partial charge in [-0.3, -0.25) is 33.9 Å². The van der Waals surface area contributed by atoms with Crippen LogP contribution in [0.15, 0.2) is 34.0 Å². The monoisotopic (exact) mass is 536 g/mol. The van der Waals surface area contributed by atoms with E-state index in [9.17, 15) is 34.1 Å². The van der Waals surface area contributed by atoms with Gasteiger partial charge in [0.2, 0.25) is 0 Å². The van der Waals surface area contributed by atoms with Gasteiger partial charge in [-0.25, -0.2) is 4.79 Å². The highest BCUT2D eigenvalue weighted by Gasteiger charge is 2.51. The minimum Gasteiger partial charge on any atom is -0.490 e. The van der Waals surface area contributed by atoms with Gasteiger partial charge in [0.05, 0.1) is 18.6 Å². The summed E-state index contributed by atoms with van der Waals surface area (Å²) in [6, 6.07) is 3.90. The maximum absolute atomic E-state index is 13.3. The number of nitrogens with zero attached hydrogens (tertiary/aromatic N) is 4. The number of methoxy groups -OCH3 is 1. The van der Waals surface area contributed by atoms with Crippen LogP contribution in [0.1, 0.15) is 32.6 Å². The zero-order valence-corrected chi connectivity index (χ0v) is 20.7. The number of nitro groups is 1. The SMILES string of the molecule is COc1ccc(Cn2c(=O)cnn([C@H]3O[C@@H](COC(C)=O)[C@H](OC(C)=O)[C@@H]3OC(C)=O)c2=O)cc1[N+](=O)[O-]. The van der Waals surface area contributed by atoms with Crippen molar-refractivity contribution in [3.05, 3.63) is 60.9 Å². The number of carbonyl (C=O) groups excluding carboxylic acids is 3. The molecule has 0 radical (unpaired) electrons. The van der Waals surface area contributed by atoms with E-state index >= 15 is 0 Å². The Morgan fingerprint density at radius 2 is 1.74 bits per heavy atom. The lowest BCUT2D eigenvalue weighted by Crippen LogP contribution is -2.46. The molecule has 0 unspecified atom stereocenters. The fourth-order valence-electron chi connectivity index (χ4n) is 3.82. The minimum absolute atomic E-state index is 0.0165. The summed E-state index contributed by atoms with van der Waals surface area (Å²) in [4.78, 5) is 71.5. The first-order valence-corrected chi connectivity index (χ1v) is 11.1. The maximum atomic E-state index is 13.3. The molecule has 16 heteroatoms. The molecule has 16 nitrogen and oxygen atoms in total. The number of hydrogen-bond donors (Lipinski definition) is 0. The molecule has 0 amide bonds. The number of esters is 3. The quantitative estimate of drug-likeness (QED) is 0.175. The van der Waals surface area contributed by atoms with Crippen molar-refractivity contribution in [3.8, 4) is 5.75 Å². The van der Waals surface area contributed by atoms with E-state index in [-0.39, 0.29) is 23.5 Å². The Balaban J connectivity index is 2.05. The Morgan fingerprint density at radius 3 is 2.32 bits per heavy atom. The number of hydrogen-bond acceptors (Lipinski definition) is 13. The fourth-order valence-corrected chi connectivity index (χ4v) is 3.82. The van der Waals surface area contributed by atoms with E-state index in [4.69, 9.17) is 23.7 Å². The third-order valence-corrected chi connectivity index (χ3v) is 5.35. The predicted octanol–water partition coefficient (Wildman–Crippen LogP) is -0.306. The minimum atomic E-state index is -1.49. The van der Waals surface area contributed by atoms with Crippen molar-refractivity contribution in [2.75, 3.05) is 13.7 Å². The van der Waals surface area contributed by atoms with Gasteiger partial charge in [0.1, 0.15) is 18.9 Å². The van der Waals surface area contributed by atoms with Crippen molar-refractivity contribution in [1.29, 1.82) is 0 Å². The van der Waals surface area contributed by atoms with Crippen LogP contribution >= 0.6 is 0 Å². The summed E-state index contributed by atoms with van der Waals surface area (Å²) in [5.41, 5.74) is -2.00. The standard InChI is InChI=1S/C22H24N4O12/c1-11(27)35-10-17-19(36-12(2)28)20(37-13(3)29)21(38-17)25-22(31)24(18(30)8-23-25)9-14-5-6-16(34-4)15(7-14)26(32)33/h5-8,17,19-21H,9-10H2,1-4H3/t17-,19-,20-,21-/m0/s1. The van der Waals surface area contributed by atoms with E-state index in [0.29, 0.717) is 4.68 Å². The largest absolute Gasteiger partial charge is 0.490 e.